The molecular weight excluding hydrogens is 398 g/mol. The number of amides is 3. The van der Waals surface area contributed by atoms with E-state index in [-0.39, 0.29) is 19.4 Å². The topological polar surface area (TPSA) is 226 Å². The van der Waals surface area contributed by atoms with Gasteiger partial charge < -0.3 is 42.6 Å². The van der Waals surface area contributed by atoms with E-state index >= 15 is 0 Å². The number of carbonyl (C=O) groups is 4. The molecule has 1 heterocycles. The number of hydrogen-bond donors (Lipinski definition) is 8. The van der Waals surface area contributed by atoms with E-state index in [9.17, 15) is 19.2 Å². The number of aliphatic carboxylic acids is 1. The summed E-state index contributed by atoms with van der Waals surface area (Å²) in [6.07, 6.45) is 4.29. The zero-order valence-corrected chi connectivity index (χ0v) is 16.5. The lowest BCUT2D eigenvalue weighted by Crippen LogP contribution is -2.57. The average Bonchev–Trinajstić information content (AvgIpc) is 3.23. The molecular formula is C17H29N7O6. The number of carboxylic acid groups (broad SMARTS) is 1. The number of aliphatic hydroxyl groups excluding tert-OH is 1. The summed E-state index contributed by atoms with van der Waals surface area (Å²) in [5.74, 6) is -3.41. The summed E-state index contributed by atoms with van der Waals surface area (Å²) < 4.78 is 0. The quantitative estimate of drug-likeness (QED) is 0.138. The molecule has 13 heteroatoms. The number of carboxylic acids is 1. The maximum atomic E-state index is 12.8. The Hall–Kier alpha value is -3.03. The zero-order chi connectivity index (χ0) is 22.5. The fourth-order valence-corrected chi connectivity index (χ4v) is 2.57. The maximum absolute atomic E-state index is 12.8. The van der Waals surface area contributed by atoms with Gasteiger partial charge in [0.05, 0.1) is 19.5 Å². The number of aliphatic hydroxyl groups is 1. The molecule has 0 aliphatic carbocycles. The van der Waals surface area contributed by atoms with E-state index in [0.29, 0.717) is 25.1 Å². The number of imidazole rings is 1. The average molecular weight is 427 g/mol. The van der Waals surface area contributed by atoms with Gasteiger partial charge in [-0.2, -0.15) is 0 Å². The molecule has 0 aliphatic heterocycles. The number of carbonyl (C=O) groups excluding carboxylic acids is 3. The number of aromatic nitrogens is 2. The number of nitrogens with one attached hydrogen (secondary N) is 4. The molecule has 0 bridgehead atoms. The van der Waals surface area contributed by atoms with Crippen molar-refractivity contribution in [1.29, 1.82) is 0 Å². The number of rotatable bonds is 14. The Morgan fingerprint density at radius 3 is 2.23 bits per heavy atom. The molecule has 3 amide bonds. The Morgan fingerprint density at radius 2 is 1.70 bits per heavy atom. The predicted octanol–water partition coefficient (Wildman–Crippen LogP) is -3.43. The largest absolute Gasteiger partial charge is 0.480 e. The number of unbranched alkanes of at least 4 members (excludes halogenated alkanes) is 1. The molecule has 0 fully saturated rings. The van der Waals surface area contributed by atoms with Gasteiger partial charge in [-0.25, -0.2) is 9.78 Å². The van der Waals surface area contributed by atoms with E-state index in [4.69, 9.17) is 21.7 Å². The van der Waals surface area contributed by atoms with Crippen LogP contribution in [-0.2, 0) is 25.6 Å². The Bertz CT molecular complexity index is 697. The minimum absolute atomic E-state index is 0.0182. The van der Waals surface area contributed by atoms with Crippen molar-refractivity contribution in [1.82, 2.24) is 25.9 Å². The van der Waals surface area contributed by atoms with Crippen LogP contribution in [0.3, 0.4) is 0 Å². The molecule has 0 aliphatic rings. The van der Waals surface area contributed by atoms with Crippen LogP contribution in [0.15, 0.2) is 12.5 Å². The first kappa shape index (κ1) is 25.0. The van der Waals surface area contributed by atoms with Crippen LogP contribution in [0.1, 0.15) is 25.0 Å². The highest BCUT2D eigenvalue weighted by Gasteiger charge is 2.29. The van der Waals surface area contributed by atoms with Crippen molar-refractivity contribution in [3.05, 3.63) is 18.2 Å². The highest BCUT2D eigenvalue weighted by molar-refractivity contribution is 5.93. The van der Waals surface area contributed by atoms with Crippen LogP contribution >= 0.6 is 0 Å². The summed E-state index contributed by atoms with van der Waals surface area (Å²) in [6, 6.07) is -3.66. The van der Waals surface area contributed by atoms with Gasteiger partial charge in [0.15, 0.2) is 0 Å². The van der Waals surface area contributed by atoms with Gasteiger partial charge in [0.1, 0.15) is 18.1 Å². The highest BCUT2D eigenvalue weighted by atomic mass is 16.4. The second-order valence-corrected chi connectivity index (χ2v) is 6.53. The normalized spacial score (nSPS) is 13.7. The summed E-state index contributed by atoms with van der Waals surface area (Å²) >= 11 is 0. The molecule has 0 saturated carbocycles. The molecule has 3 atom stereocenters. The van der Waals surface area contributed by atoms with Gasteiger partial charge in [0.2, 0.25) is 17.7 Å². The van der Waals surface area contributed by atoms with Crippen LogP contribution < -0.4 is 27.4 Å². The predicted molar refractivity (Wildman–Crippen MR) is 105 cm³/mol. The Kier molecular flexibility index (Phi) is 11.0. The lowest BCUT2D eigenvalue weighted by Gasteiger charge is -2.24. The van der Waals surface area contributed by atoms with E-state index in [1.165, 1.54) is 12.5 Å². The SMILES string of the molecule is NCCCCC(NC(=O)CN)C(=O)NC(Cc1cnc[nH]1)C(=O)NC(CO)C(=O)O. The zero-order valence-electron chi connectivity index (χ0n) is 16.5. The van der Waals surface area contributed by atoms with Crippen molar-refractivity contribution in [3.8, 4) is 0 Å². The standard InChI is InChI=1S/C17H29N7O6/c18-4-2-1-3-11(22-14(26)6-19)15(27)23-12(5-10-7-20-9-21-10)16(28)24-13(8-25)17(29)30/h7,9,11-13,25H,1-6,8,18-19H2,(H,20,21)(H,22,26)(H,23,27)(H,24,28)(H,29,30). The van der Waals surface area contributed by atoms with Crippen molar-refractivity contribution in [2.24, 2.45) is 11.5 Å². The van der Waals surface area contributed by atoms with Crippen LogP contribution in [0, 0.1) is 0 Å². The van der Waals surface area contributed by atoms with Crippen LogP contribution in [0.2, 0.25) is 0 Å². The maximum Gasteiger partial charge on any atom is 0.328 e. The van der Waals surface area contributed by atoms with E-state index in [1.807, 2.05) is 0 Å². The van der Waals surface area contributed by atoms with Gasteiger partial charge in [0, 0.05) is 18.3 Å². The van der Waals surface area contributed by atoms with Crippen molar-refractivity contribution < 1.29 is 29.4 Å². The fraction of sp³-hybridized carbons (Fsp3) is 0.588. The Balaban J connectivity index is 2.94. The third-order valence-electron chi connectivity index (χ3n) is 4.19. The Morgan fingerprint density at radius 1 is 1.03 bits per heavy atom. The second-order valence-electron chi connectivity index (χ2n) is 6.53. The fourth-order valence-electron chi connectivity index (χ4n) is 2.57. The van der Waals surface area contributed by atoms with Crippen molar-refractivity contribution in [3.63, 3.8) is 0 Å². The van der Waals surface area contributed by atoms with Crippen LogP contribution in [0.5, 0.6) is 0 Å². The van der Waals surface area contributed by atoms with Crippen molar-refractivity contribution >= 4 is 23.7 Å². The lowest BCUT2D eigenvalue weighted by atomic mass is 10.1. The van der Waals surface area contributed by atoms with Gasteiger partial charge in [-0.1, -0.05) is 0 Å². The van der Waals surface area contributed by atoms with Crippen LogP contribution in [-0.4, -0.2) is 81.7 Å². The molecule has 0 aromatic carbocycles. The number of aromatic amines is 1. The summed E-state index contributed by atoms with van der Waals surface area (Å²) in [5.41, 5.74) is 11.3. The monoisotopic (exact) mass is 427 g/mol. The number of nitrogens with zero attached hydrogens (tertiary/aromatic N) is 1. The minimum atomic E-state index is -1.53. The van der Waals surface area contributed by atoms with Gasteiger partial charge in [-0.05, 0) is 25.8 Å². The molecule has 3 unspecified atom stereocenters. The van der Waals surface area contributed by atoms with Crippen LogP contribution in [0.4, 0.5) is 0 Å². The van der Waals surface area contributed by atoms with Crippen molar-refractivity contribution in [2.75, 3.05) is 19.7 Å². The third kappa shape index (κ3) is 8.55. The molecule has 1 rings (SSSR count). The van der Waals surface area contributed by atoms with E-state index in [0.717, 1.165) is 0 Å². The molecule has 0 radical (unpaired) electrons. The van der Waals surface area contributed by atoms with E-state index in [2.05, 4.69) is 25.9 Å². The smallest absolute Gasteiger partial charge is 0.328 e. The number of hydrogen-bond acceptors (Lipinski definition) is 8. The summed E-state index contributed by atoms with van der Waals surface area (Å²) in [5, 5.41) is 25.3. The Labute approximate surface area is 173 Å². The number of H-pyrrole nitrogens is 1. The van der Waals surface area contributed by atoms with Crippen molar-refractivity contribution in [2.45, 2.75) is 43.8 Å². The molecule has 30 heavy (non-hydrogen) atoms. The van der Waals surface area contributed by atoms with E-state index < -0.39 is 48.4 Å². The summed E-state index contributed by atoms with van der Waals surface area (Å²) in [4.78, 5) is 54.7. The molecule has 0 saturated heterocycles. The minimum Gasteiger partial charge on any atom is -0.480 e. The first-order valence-corrected chi connectivity index (χ1v) is 9.43. The van der Waals surface area contributed by atoms with Gasteiger partial charge in [-0.15, -0.1) is 0 Å². The van der Waals surface area contributed by atoms with Gasteiger partial charge in [0.25, 0.3) is 0 Å². The first-order chi connectivity index (χ1) is 14.3. The van der Waals surface area contributed by atoms with Crippen LogP contribution in [0.25, 0.3) is 0 Å². The van der Waals surface area contributed by atoms with Gasteiger partial charge in [-0.3, -0.25) is 14.4 Å². The van der Waals surface area contributed by atoms with Gasteiger partial charge >= 0.3 is 5.97 Å². The summed E-state index contributed by atoms with van der Waals surface area (Å²) in [6.45, 7) is -0.711. The third-order valence-corrected chi connectivity index (χ3v) is 4.19. The molecule has 1 aromatic rings. The first-order valence-electron chi connectivity index (χ1n) is 9.43. The second kappa shape index (κ2) is 13.2. The summed E-state index contributed by atoms with van der Waals surface area (Å²) in [7, 11) is 0. The lowest BCUT2D eigenvalue weighted by molar-refractivity contribution is -0.143. The molecule has 0 spiro atoms. The highest BCUT2D eigenvalue weighted by Crippen LogP contribution is 2.05. The molecule has 10 N–H and O–H groups in total. The molecule has 168 valence electrons. The molecule has 1 aromatic heterocycles. The molecule has 13 nitrogen and oxygen atoms in total. The van der Waals surface area contributed by atoms with E-state index in [1.54, 1.807) is 0 Å². The number of nitrogens with two attached hydrogens (primary N) is 2.